The Morgan fingerprint density at radius 1 is 1.20 bits per heavy atom. The maximum absolute atomic E-state index is 12.6. The minimum absolute atomic E-state index is 0.0397. The highest BCUT2D eigenvalue weighted by molar-refractivity contribution is 6.30. The first-order chi connectivity index (χ1) is 14.5. The average molecular weight is 433 g/mol. The molecule has 1 amide bonds. The fourth-order valence-corrected chi connectivity index (χ4v) is 3.77. The Morgan fingerprint density at radius 2 is 1.83 bits per heavy atom. The van der Waals surface area contributed by atoms with Crippen LogP contribution in [0.25, 0.3) is 0 Å². The minimum Gasteiger partial charge on any atom is -0.341 e. The van der Waals surface area contributed by atoms with E-state index in [1.807, 2.05) is 31.0 Å². The minimum atomic E-state index is -0.311. The van der Waals surface area contributed by atoms with Gasteiger partial charge in [0.25, 0.3) is 0 Å². The number of hydrogen-bond donors (Lipinski definition) is 1. The van der Waals surface area contributed by atoms with Crippen LogP contribution in [0.5, 0.6) is 0 Å². The number of amides is 1. The molecule has 1 heterocycles. The largest absolute Gasteiger partial charge is 0.341 e. The highest BCUT2D eigenvalue weighted by Crippen LogP contribution is 2.29. The van der Waals surface area contributed by atoms with E-state index in [2.05, 4.69) is 17.4 Å². The van der Waals surface area contributed by atoms with E-state index in [9.17, 15) is 14.0 Å². The third-order valence-electron chi connectivity index (χ3n) is 5.46. The van der Waals surface area contributed by atoms with Crippen LogP contribution in [0.4, 0.5) is 4.39 Å². The van der Waals surface area contributed by atoms with E-state index >= 15 is 0 Å². The molecule has 3 rings (SSSR count). The van der Waals surface area contributed by atoms with E-state index < -0.39 is 0 Å². The smallest absolute Gasteiger partial charge is 0.239 e. The van der Waals surface area contributed by atoms with Gasteiger partial charge in [0.05, 0.1) is 6.04 Å². The van der Waals surface area contributed by atoms with Crippen LogP contribution in [0.2, 0.25) is 5.02 Å². The Bertz CT molecular complexity index is 801. The standard InChI is InChI=1S/C16H23ClN2O.C8H7FO/c1-3-15(18-2)16(20)19-10-8-13(9-11-19)12-4-6-14(17)7-5-12;9-8-4-2-1-3-7(8)5-6-10/h4-7,13,15,18H,3,8-11H2,1-2H3;1-4,6H,5H2. The van der Waals surface area contributed by atoms with Crippen molar-refractivity contribution >= 4 is 23.8 Å². The van der Waals surface area contributed by atoms with Gasteiger partial charge in [0.1, 0.15) is 12.1 Å². The number of aldehydes is 1. The third-order valence-corrected chi connectivity index (χ3v) is 5.72. The summed E-state index contributed by atoms with van der Waals surface area (Å²) in [6.45, 7) is 3.74. The molecule has 2 aromatic rings. The zero-order valence-corrected chi connectivity index (χ0v) is 18.4. The second kappa shape index (κ2) is 12.5. The molecule has 1 aliphatic rings. The molecular weight excluding hydrogens is 403 g/mol. The van der Waals surface area contributed by atoms with Crippen molar-refractivity contribution in [3.8, 4) is 0 Å². The number of benzene rings is 2. The van der Waals surface area contributed by atoms with Gasteiger partial charge in [-0.1, -0.05) is 48.9 Å². The van der Waals surface area contributed by atoms with Crippen molar-refractivity contribution in [3.05, 3.63) is 70.5 Å². The number of carbonyl (C=O) groups excluding carboxylic acids is 2. The Kier molecular flexibility index (Phi) is 9.98. The lowest BCUT2D eigenvalue weighted by Crippen LogP contribution is -2.47. The van der Waals surface area contributed by atoms with Crippen LogP contribution in [-0.4, -0.2) is 43.3 Å². The van der Waals surface area contributed by atoms with Gasteiger partial charge in [0, 0.05) is 24.5 Å². The maximum atomic E-state index is 12.6. The fraction of sp³-hybridized carbons (Fsp3) is 0.417. The number of likely N-dealkylation sites (tertiary alicyclic amines) is 1. The van der Waals surface area contributed by atoms with Gasteiger partial charge in [0.15, 0.2) is 0 Å². The Hall–Kier alpha value is -2.24. The summed E-state index contributed by atoms with van der Waals surface area (Å²) < 4.78 is 12.6. The third kappa shape index (κ3) is 6.92. The summed E-state index contributed by atoms with van der Waals surface area (Å²) in [6, 6.07) is 14.3. The number of carbonyl (C=O) groups is 2. The molecule has 162 valence electrons. The summed E-state index contributed by atoms with van der Waals surface area (Å²) in [6.07, 6.45) is 3.76. The Balaban J connectivity index is 0.000000269. The summed E-state index contributed by atoms with van der Waals surface area (Å²) in [4.78, 5) is 24.3. The van der Waals surface area contributed by atoms with Crippen molar-refractivity contribution in [3.63, 3.8) is 0 Å². The number of piperidine rings is 1. The molecule has 0 saturated carbocycles. The van der Waals surface area contributed by atoms with E-state index in [0.29, 0.717) is 17.8 Å². The number of nitrogens with one attached hydrogen (secondary N) is 1. The molecule has 0 spiro atoms. The summed E-state index contributed by atoms with van der Waals surface area (Å²) >= 11 is 5.92. The van der Waals surface area contributed by atoms with Crippen molar-refractivity contribution in [2.24, 2.45) is 0 Å². The lowest BCUT2D eigenvalue weighted by molar-refractivity contribution is -0.134. The quantitative estimate of drug-likeness (QED) is 0.678. The first-order valence-corrected chi connectivity index (χ1v) is 10.8. The molecule has 0 radical (unpaired) electrons. The van der Waals surface area contributed by atoms with Crippen LogP contribution in [-0.2, 0) is 16.0 Å². The molecule has 6 heteroatoms. The summed E-state index contributed by atoms with van der Waals surface area (Å²) in [5, 5.41) is 3.87. The molecule has 0 aliphatic carbocycles. The van der Waals surface area contributed by atoms with Gasteiger partial charge in [0.2, 0.25) is 5.91 Å². The SMILES string of the molecule is CCC(NC)C(=O)N1CCC(c2ccc(Cl)cc2)CC1.O=CCc1ccccc1F. The van der Waals surface area contributed by atoms with Gasteiger partial charge >= 0.3 is 0 Å². The molecule has 1 fully saturated rings. The Labute approximate surface area is 183 Å². The summed E-state index contributed by atoms with van der Waals surface area (Å²) in [7, 11) is 1.85. The number of hydrogen-bond acceptors (Lipinski definition) is 3. The van der Waals surface area contributed by atoms with E-state index in [0.717, 1.165) is 37.4 Å². The molecule has 1 saturated heterocycles. The number of nitrogens with zero attached hydrogens (tertiary/aromatic N) is 1. The zero-order valence-electron chi connectivity index (χ0n) is 17.6. The molecule has 1 aliphatic heterocycles. The number of likely N-dealkylation sites (N-methyl/N-ethyl adjacent to an activating group) is 1. The molecule has 4 nitrogen and oxygen atoms in total. The van der Waals surface area contributed by atoms with Gasteiger partial charge in [-0.05, 0) is 61.6 Å². The van der Waals surface area contributed by atoms with Crippen molar-refractivity contribution in [2.45, 2.75) is 44.6 Å². The van der Waals surface area contributed by atoms with Gasteiger partial charge in [-0.2, -0.15) is 0 Å². The van der Waals surface area contributed by atoms with Crippen LogP contribution >= 0.6 is 11.6 Å². The van der Waals surface area contributed by atoms with Gasteiger partial charge in [-0.25, -0.2) is 4.39 Å². The van der Waals surface area contributed by atoms with Crippen LogP contribution < -0.4 is 5.32 Å². The molecule has 1 atom stereocenters. The maximum Gasteiger partial charge on any atom is 0.239 e. The van der Waals surface area contributed by atoms with Crippen LogP contribution in [0.1, 0.15) is 43.2 Å². The second-order valence-electron chi connectivity index (χ2n) is 7.36. The first kappa shape index (κ1) is 24.0. The molecular formula is C24H30ClFN2O2. The molecule has 0 aromatic heterocycles. The number of halogens is 2. The second-order valence-corrected chi connectivity index (χ2v) is 7.80. The van der Waals surface area contributed by atoms with Crippen LogP contribution in [0.3, 0.4) is 0 Å². The summed E-state index contributed by atoms with van der Waals surface area (Å²) in [5.74, 6) is 0.477. The van der Waals surface area contributed by atoms with Gasteiger partial charge in [-0.15, -0.1) is 0 Å². The lowest BCUT2D eigenvalue weighted by atomic mass is 9.89. The predicted molar refractivity (Wildman–Crippen MR) is 119 cm³/mol. The van der Waals surface area contributed by atoms with E-state index in [4.69, 9.17) is 11.6 Å². The first-order valence-electron chi connectivity index (χ1n) is 10.4. The van der Waals surface area contributed by atoms with Crippen molar-refractivity contribution in [1.29, 1.82) is 0 Å². The average Bonchev–Trinajstić information content (AvgIpc) is 2.77. The fourth-order valence-electron chi connectivity index (χ4n) is 3.64. The van der Waals surface area contributed by atoms with E-state index in [1.165, 1.54) is 11.6 Å². The van der Waals surface area contributed by atoms with Crippen molar-refractivity contribution in [1.82, 2.24) is 10.2 Å². The monoisotopic (exact) mass is 432 g/mol. The van der Waals surface area contributed by atoms with Crippen LogP contribution in [0.15, 0.2) is 48.5 Å². The van der Waals surface area contributed by atoms with Gasteiger partial charge < -0.3 is 15.0 Å². The molecule has 1 N–H and O–H groups in total. The molecule has 1 unspecified atom stereocenters. The van der Waals surface area contributed by atoms with Crippen LogP contribution in [0, 0.1) is 5.82 Å². The number of rotatable bonds is 6. The Morgan fingerprint density at radius 3 is 2.37 bits per heavy atom. The molecule has 0 bridgehead atoms. The molecule has 2 aromatic carbocycles. The predicted octanol–water partition coefficient (Wildman–Crippen LogP) is 4.61. The van der Waals surface area contributed by atoms with Crippen molar-refractivity contribution in [2.75, 3.05) is 20.1 Å². The van der Waals surface area contributed by atoms with Gasteiger partial charge in [-0.3, -0.25) is 4.79 Å². The topological polar surface area (TPSA) is 49.4 Å². The normalized spacial score (nSPS) is 15.1. The zero-order chi connectivity index (χ0) is 21.9. The van der Waals surface area contributed by atoms with E-state index in [-0.39, 0.29) is 24.2 Å². The highest BCUT2D eigenvalue weighted by Gasteiger charge is 2.27. The van der Waals surface area contributed by atoms with E-state index in [1.54, 1.807) is 18.2 Å². The lowest BCUT2D eigenvalue weighted by Gasteiger charge is -2.34. The highest BCUT2D eigenvalue weighted by atomic mass is 35.5. The molecule has 30 heavy (non-hydrogen) atoms. The van der Waals surface area contributed by atoms with Crippen molar-refractivity contribution < 1.29 is 14.0 Å². The summed E-state index contributed by atoms with van der Waals surface area (Å²) in [5.41, 5.74) is 1.79.